The van der Waals surface area contributed by atoms with E-state index in [2.05, 4.69) is 0 Å². The maximum absolute atomic E-state index is 12.6. The summed E-state index contributed by atoms with van der Waals surface area (Å²) < 4.78 is 10.5. The van der Waals surface area contributed by atoms with Crippen molar-refractivity contribution in [2.75, 3.05) is 0 Å². The third kappa shape index (κ3) is 3.82. The number of phenols is 1. The predicted octanol–water partition coefficient (Wildman–Crippen LogP) is 3.51. The molecular weight excluding hydrogens is 386 g/mol. The van der Waals surface area contributed by atoms with Crippen LogP contribution in [0.2, 0.25) is 0 Å². The van der Waals surface area contributed by atoms with Crippen LogP contribution < -0.4 is 5.63 Å². The number of amides is 1. The number of fused-ring (bicyclic) bond motifs is 2. The van der Waals surface area contributed by atoms with Crippen molar-refractivity contribution in [2.24, 2.45) is 0 Å². The fourth-order valence-electron chi connectivity index (χ4n) is 3.63. The molecule has 0 bridgehead atoms. The number of nitrogens with zero attached hydrogens (tertiary/aromatic N) is 1. The first-order chi connectivity index (χ1) is 14.4. The molecule has 1 aromatic heterocycles. The highest BCUT2D eigenvalue weighted by molar-refractivity contribution is 5.82. The van der Waals surface area contributed by atoms with Crippen LogP contribution in [0.3, 0.4) is 0 Å². The molecule has 2 aromatic carbocycles. The van der Waals surface area contributed by atoms with E-state index in [9.17, 15) is 19.5 Å². The normalized spacial score (nSPS) is 15.1. The van der Waals surface area contributed by atoms with Gasteiger partial charge in [-0.15, -0.1) is 0 Å². The van der Waals surface area contributed by atoms with E-state index in [0.29, 0.717) is 10.9 Å². The van der Waals surface area contributed by atoms with Crippen molar-refractivity contribution in [3.05, 3.63) is 81.8 Å². The summed E-state index contributed by atoms with van der Waals surface area (Å²) in [6, 6.07) is 12.7. The summed E-state index contributed by atoms with van der Waals surface area (Å²) in [5.74, 6) is -0.713. The van der Waals surface area contributed by atoms with E-state index >= 15 is 0 Å². The molecule has 0 unspecified atom stereocenters. The third-order valence-electron chi connectivity index (χ3n) is 5.03. The SMILES string of the molecule is CC(=O)N1C=Cc2ccccc2[C@H]1CC(=O)OCc1cc(=O)oc2cc(O)ccc12. The number of hydrogen-bond acceptors (Lipinski definition) is 6. The van der Waals surface area contributed by atoms with Crippen molar-refractivity contribution in [1.82, 2.24) is 4.90 Å². The number of carbonyl (C=O) groups excluding carboxylic acids is 2. The molecule has 1 aliphatic rings. The smallest absolute Gasteiger partial charge is 0.336 e. The lowest BCUT2D eigenvalue weighted by molar-refractivity contribution is -0.146. The molecule has 152 valence electrons. The Morgan fingerprint density at radius 1 is 1.17 bits per heavy atom. The minimum atomic E-state index is -0.603. The van der Waals surface area contributed by atoms with Crippen LogP contribution in [0.15, 0.2) is 63.9 Å². The Morgan fingerprint density at radius 3 is 2.77 bits per heavy atom. The Balaban J connectivity index is 1.54. The van der Waals surface area contributed by atoms with Crippen molar-refractivity contribution in [2.45, 2.75) is 26.0 Å². The Morgan fingerprint density at radius 2 is 1.97 bits per heavy atom. The standard InChI is InChI=1S/C23H19NO6/c1-14(25)24-9-8-15-4-2-3-5-18(15)20(24)12-22(27)29-13-16-10-23(28)30-21-11-17(26)6-7-19(16)21/h2-11,20,26H,12-13H2,1H3/t20-/m1/s1. The van der Waals surface area contributed by atoms with Crippen molar-refractivity contribution in [3.63, 3.8) is 0 Å². The second kappa shape index (κ2) is 7.87. The zero-order valence-corrected chi connectivity index (χ0v) is 16.2. The topological polar surface area (TPSA) is 97.0 Å². The van der Waals surface area contributed by atoms with Gasteiger partial charge in [-0.3, -0.25) is 9.59 Å². The van der Waals surface area contributed by atoms with Crippen molar-refractivity contribution < 1.29 is 23.8 Å². The van der Waals surface area contributed by atoms with Gasteiger partial charge in [0.2, 0.25) is 5.91 Å². The quantitative estimate of drug-likeness (QED) is 0.527. The fraction of sp³-hybridized carbons (Fsp3) is 0.174. The van der Waals surface area contributed by atoms with Crippen LogP contribution in [0, 0.1) is 0 Å². The molecule has 30 heavy (non-hydrogen) atoms. The molecule has 0 fully saturated rings. The van der Waals surface area contributed by atoms with Gasteiger partial charge in [0.05, 0.1) is 12.5 Å². The van der Waals surface area contributed by atoms with Gasteiger partial charge >= 0.3 is 11.6 Å². The fourth-order valence-corrected chi connectivity index (χ4v) is 3.63. The van der Waals surface area contributed by atoms with Gasteiger partial charge in [0.25, 0.3) is 0 Å². The summed E-state index contributed by atoms with van der Waals surface area (Å²) in [5.41, 5.74) is 1.89. The average molecular weight is 405 g/mol. The van der Waals surface area contributed by atoms with Crippen LogP contribution in [-0.2, 0) is 20.9 Å². The molecule has 2 heterocycles. The van der Waals surface area contributed by atoms with Crippen LogP contribution in [0.1, 0.15) is 36.1 Å². The highest BCUT2D eigenvalue weighted by Crippen LogP contribution is 2.33. The molecule has 0 aliphatic carbocycles. The lowest BCUT2D eigenvalue weighted by Crippen LogP contribution is -2.32. The molecule has 4 rings (SSSR count). The predicted molar refractivity (Wildman–Crippen MR) is 109 cm³/mol. The minimum absolute atomic E-state index is 0.0267. The molecule has 3 aromatic rings. The summed E-state index contributed by atoms with van der Waals surface area (Å²) in [6.45, 7) is 1.32. The first-order valence-corrected chi connectivity index (χ1v) is 9.40. The highest BCUT2D eigenvalue weighted by atomic mass is 16.5. The molecule has 1 amide bonds. The maximum Gasteiger partial charge on any atom is 0.336 e. The van der Waals surface area contributed by atoms with Crippen molar-refractivity contribution in [1.29, 1.82) is 0 Å². The zero-order chi connectivity index (χ0) is 21.3. The molecule has 1 atom stereocenters. The van der Waals surface area contributed by atoms with Gasteiger partial charge in [-0.25, -0.2) is 4.79 Å². The van der Waals surface area contributed by atoms with Gasteiger partial charge in [0.1, 0.15) is 17.9 Å². The van der Waals surface area contributed by atoms with Gasteiger partial charge in [-0.1, -0.05) is 24.3 Å². The van der Waals surface area contributed by atoms with E-state index in [1.165, 1.54) is 30.0 Å². The lowest BCUT2D eigenvalue weighted by Gasteiger charge is -2.32. The van der Waals surface area contributed by atoms with E-state index in [4.69, 9.17) is 9.15 Å². The monoisotopic (exact) mass is 405 g/mol. The van der Waals surface area contributed by atoms with Crippen LogP contribution in [-0.4, -0.2) is 21.9 Å². The molecule has 7 heteroatoms. The number of esters is 1. The van der Waals surface area contributed by atoms with E-state index in [0.717, 1.165) is 11.1 Å². The van der Waals surface area contributed by atoms with Gasteiger partial charge in [0, 0.05) is 36.2 Å². The number of aromatic hydroxyl groups is 1. The third-order valence-corrected chi connectivity index (χ3v) is 5.03. The highest BCUT2D eigenvalue weighted by Gasteiger charge is 2.28. The van der Waals surface area contributed by atoms with E-state index in [-0.39, 0.29) is 30.3 Å². The van der Waals surface area contributed by atoms with Crippen LogP contribution in [0.4, 0.5) is 0 Å². The number of benzene rings is 2. The van der Waals surface area contributed by atoms with Gasteiger partial charge < -0.3 is 19.2 Å². The largest absolute Gasteiger partial charge is 0.508 e. The summed E-state index contributed by atoms with van der Waals surface area (Å²) >= 11 is 0. The summed E-state index contributed by atoms with van der Waals surface area (Å²) in [5, 5.41) is 10.1. The Kier molecular flexibility index (Phi) is 5.10. The van der Waals surface area contributed by atoms with Crippen molar-refractivity contribution >= 4 is 28.9 Å². The zero-order valence-electron chi connectivity index (χ0n) is 16.2. The van der Waals surface area contributed by atoms with E-state index in [1.807, 2.05) is 30.3 Å². The number of hydrogen-bond donors (Lipinski definition) is 1. The maximum atomic E-state index is 12.6. The van der Waals surface area contributed by atoms with E-state index in [1.54, 1.807) is 12.3 Å². The molecule has 0 saturated heterocycles. The average Bonchev–Trinajstić information content (AvgIpc) is 2.71. The molecule has 0 saturated carbocycles. The summed E-state index contributed by atoms with van der Waals surface area (Å²) in [7, 11) is 0. The van der Waals surface area contributed by atoms with Crippen LogP contribution in [0.5, 0.6) is 5.75 Å². The molecule has 1 N–H and O–H groups in total. The van der Waals surface area contributed by atoms with Crippen LogP contribution in [0.25, 0.3) is 17.0 Å². The second-order valence-electron chi connectivity index (χ2n) is 7.02. The number of ether oxygens (including phenoxy) is 1. The molecule has 0 radical (unpaired) electrons. The molecule has 0 spiro atoms. The lowest BCUT2D eigenvalue weighted by atomic mass is 9.94. The molecule has 7 nitrogen and oxygen atoms in total. The number of phenolic OH excluding ortho intramolecular Hbond substituents is 1. The van der Waals surface area contributed by atoms with Gasteiger partial charge in [-0.2, -0.15) is 0 Å². The number of carbonyl (C=O) groups is 2. The summed E-state index contributed by atoms with van der Waals surface area (Å²) in [4.78, 5) is 38.0. The second-order valence-corrected chi connectivity index (χ2v) is 7.02. The Labute approximate surface area is 171 Å². The van der Waals surface area contributed by atoms with Gasteiger partial charge in [-0.05, 0) is 29.3 Å². The van der Waals surface area contributed by atoms with Gasteiger partial charge in [0.15, 0.2) is 0 Å². The molecule has 1 aliphatic heterocycles. The minimum Gasteiger partial charge on any atom is -0.508 e. The summed E-state index contributed by atoms with van der Waals surface area (Å²) in [6.07, 6.45) is 3.48. The first kappa shape index (κ1) is 19.4. The number of rotatable bonds is 4. The van der Waals surface area contributed by atoms with E-state index < -0.39 is 17.6 Å². The Bertz CT molecular complexity index is 1230. The Hall–Kier alpha value is -3.87. The molecular formula is C23H19NO6. The van der Waals surface area contributed by atoms with Crippen molar-refractivity contribution in [3.8, 4) is 5.75 Å². The first-order valence-electron chi connectivity index (χ1n) is 9.40. The van der Waals surface area contributed by atoms with Crippen LogP contribution >= 0.6 is 0 Å².